The lowest BCUT2D eigenvalue weighted by Gasteiger charge is -2.34. The van der Waals surface area contributed by atoms with E-state index in [4.69, 9.17) is 4.98 Å². The molecule has 0 spiro atoms. The normalized spacial score (nSPS) is 17.1. The van der Waals surface area contributed by atoms with Crippen LogP contribution in [0.1, 0.15) is 39.0 Å². The van der Waals surface area contributed by atoms with Crippen molar-refractivity contribution >= 4 is 44.7 Å². The molecule has 1 N–H and O–H groups in total. The molecule has 2 atom stereocenters. The molecule has 7 heteroatoms. The van der Waals surface area contributed by atoms with E-state index in [1.54, 1.807) is 17.4 Å². The number of rotatable bonds is 6. The molecule has 0 saturated carbocycles. The van der Waals surface area contributed by atoms with Crippen molar-refractivity contribution in [3.05, 3.63) is 87.6 Å². The monoisotopic (exact) mass is 475 g/mol. The van der Waals surface area contributed by atoms with Gasteiger partial charge in [0.15, 0.2) is 0 Å². The topological polar surface area (TPSA) is 62.3 Å². The number of carbonyl (C=O) groups is 2. The van der Waals surface area contributed by atoms with Gasteiger partial charge in [-0.15, -0.1) is 22.7 Å². The molecule has 33 heavy (non-hydrogen) atoms. The van der Waals surface area contributed by atoms with Gasteiger partial charge in [-0.05, 0) is 42.0 Å². The van der Waals surface area contributed by atoms with Crippen LogP contribution < -0.4 is 5.32 Å². The Hall–Kier alpha value is -3.03. The van der Waals surface area contributed by atoms with Gasteiger partial charge in [0.05, 0.1) is 20.1 Å². The summed E-state index contributed by atoms with van der Waals surface area (Å²) in [5.41, 5.74) is 2.05. The largest absolute Gasteiger partial charge is 0.340 e. The highest BCUT2D eigenvalue weighted by Gasteiger charge is 2.32. The molecule has 1 aliphatic heterocycles. The molecular weight excluding hydrogens is 450 g/mol. The van der Waals surface area contributed by atoms with Gasteiger partial charge in [0.25, 0.3) is 5.91 Å². The number of fused-ring (bicyclic) bond motifs is 1. The van der Waals surface area contributed by atoms with E-state index < -0.39 is 6.04 Å². The summed E-state index contributed by atoms with van der Waals surface area (Å²) >= 11 is 3.10. The Morgan fingerprint density at radius 2 is 1.88 bits per heavy atom. The molecule has 1 fully saturated rings. The van der Waals surface area contributed by atoms with Gasteiger partial charge < -0.3 is 10.2 Å². The minimum Gasteiger partial charge on any atom is -0.340 e. The number of benzene rings is 2. The van der Waals surface area contributed by atoms with Gasteiger partial charge in [-0.25, -0.2) is 4.98 Å². The number of amides is 2. The predicted molar refractivity (Wildman–Crippen MR) is 134 cm³/mol. The molecule has 2 unspecified atom stereocenters. The fraction of sp³-hybridized carbons (Fsp3) is 0.269. The Labute approximate surface area is 201 Å². The van der Waals surface area contributed by atoms with Crippen molar-refractivity contribution in [3.63, 3.8) is 0 Å². The molecule has 5 rings (SSSR count). The van der Waals surface area contributed by atoms with Gasteiger partial charge in [-0.3, -0.25) is 9.59 Å². The van der Waals surface area contributed by atoms with Gasteiger partial charge in [-0.2, -0.15) is 0 Å². The number of para-hydroxylation sites is 1. The number of hydrogen-bond donors (Lipinski definition) is 1. The number of hydrogen-bond acceptors (Lipinski definition) is 5. The van der Waals surface area contributed by atoms with Crippen molar-refractivity contribution < 1.29 is 9.59 Å². The molecule has 0 bridgehead atoms. The summed E-state index contributed by atoms with van der Waals surface area (Å²) in [5, 5.41) is 5.97. The fourth-order valence-corrected chi connectivity index (χ4v) is 6.07. The molecule has 1 aliphatic rings. The summed E-state index contributed by atoms with van der Waals surface area (Å²) < 4.78 is 1.18. The lowest BCUT2D eigenvalue weighted by Crippen LogP contribution is -2.51. The maximum Gasteiger partial charge on any atom is 0.262 e. The van der Waals surface area contributed by atoms with E-state index in [1.807, 2.05) is 64.9 Å². The van der Waals surface area contributed by atoms with Crippen LogP contribution in [0, 0.1) is 0 Å². The average Bonchev–Trinajstić information content (AvgIpc) is 3.54. The van der Waals surface area contributed by atoms with Crippen LogP contribution in [0.15, 0.2) is 72.1 Å². The first-order valence-electron chi connectivity index (χ1n) is 11.2. The summed E-state index contributed by atoms with van der Waals surface area (Å²) in [7, 11) is 0. The van der Waals surface area contributed by atoms with Crippen molar-refractivity contribution in [3.8, 4) is 0 Å². The average molecular weight is 476 g/mol. The molecule has 4 aromatic rings. The number of aromatic nitrogens is 1. The Balaban J connectivity index is 1.34. The van der Waals surface area contributed by atoms with Gasteiger partial charge in [0, 0.05) is 25.4 Å². The maximum absolute atomic E-state index is 13.7. The lowest BCUT2D eigenvalue weighted by molar-refractivity contribution is -0.134. The van der Waals surface area contributed by atoms with E-state index in [9.17, 15) is 9.59 Å². The summed E-state index contributed by atoms with van der Waals surface area (Å²) in [4.78, 5) is 33.8. The van der Waals surface area contributed by atoms with Gasteiger partial charge in [-0.1, -0.05) is 48.5 Å². The SMILES string of the molecule is O=C(NC(Cc1ccccc1)C(=O)N1CCCC(c2nc3ccccc3s2)C1)c1cccs1. The molecule has 0 radical (unpaired) electrons. The molecule has 5 nitrogen and oxygen atoms in total. The Bertz CT molecular complexity index is 1200. The molecule has 2 amide bonds. The minimum atomic E-state index is -0.601. The van der Waals surface area contributed by atoms with Crippen LogP contribution in [-0.4, -0.2) is 40.8 Å². The first-order chi connectivity index (χ1) is 16.2. The van der Waals surface area contributed by atoms with Gasteiger partial charge in [0.2, 0.25) is 5.91 Å². The number of carbonyl (C=O) groups excluding carboxylic acids is 2. The van der Waals surface area contributed by atoms with E-state index >= 15 is 0 Å². The van der Waals surface area contributed by atoms with E-state index in [0.29, 0.717) is 24.4 Å². The highest BCUT2D eigenvalue weighted by molar-refractivity contribution is 7.18. The third-order valence-electron chi connectivity index (χ3n) is 6.02. The van der Waals surface area contributed by atoms with E-state index in [1.165, 1.54) is 16.0 Å². The number of thiazole rings is 1. The smallest absolute Gasteiger partial charge is 0.262 e. The third kappa shape index (κ3) is 4.99. The number of likely N-dealkylation sites (tertiary alicyclic amines) is 1. The first-order valence-corrected chi connectivity index (χ1v) is 12.9. The van der Waals surface area contributed by atoms with Crippen molar-refractivity contribution in [1.82, 2.24) is 15.2 Å². The van der Waals surface area contributed by atoms with E-state index in [2.05, 4.69) is 11.4 Å². The van der Waals surface area contributed by atoms with Crippen molar-refractivity contribution in [1.29, 1.82) is 0 Å². The second kappa shape index (κ2) is 9.85. The first kappa shape index (κ1) is 21.8. The van der Waals surface area contributed by atoms with Gasteiger partial charge in [0.1, 0.15) is 6.04 Å². The minimum absolute atomic E-state index is 0.0189. The fourth-order valence-electron chi connectivity index (χ4n) is 4.35. The summed E-state index contributed by atoms with van der Waals surface area (Å²) in [6.07, 6.45) is 2.43. The van der Waals surface area contributed by atoms with Crippen LogP contribution in [0.25, 0.3) is 10.2 Å². The zero-order valence-electron chi connectivity index (χ0n) is 18.1. The molecule has 2 aromatic heterocycles. The number of nitrogens with one attached hydrogen (secondary N) is 1. The Morgan fingerprint density at radius 1 is 1.06 bits per heavy atom. The van der Waals surface area contributed by atoms with Crippen molar-refractivity contribution in [2.24, 2.45) is 0 Å². The third-order valence-corrected chi connectivity index (χ3v) is 8.09. The highest BCUT2D eigenvalue weighted by atomic mass is 32.1. The second-order valence-electron chi connectivity index (χ2n) is 8.34. The summed E-state index contributed by atoms with van der Waals surface area (Å²) in [6.45, 7) is 1.35. The van der Waals surface area contributed by atoms with E-state index in [0.717, 1.165) is 28.9 Å². The maximum atomic E-state index is 13.7. The predicted octanol–water partition coefficient (Wildman–Crippen LogP) is 5.11. The molecule has 1 saturated heterocycles. The summed E-state index contributed by atoms with van der Waals surface area (Å²) in [5.74, 6) is 0.0130. The Morgan fingerprint density at radius 3 is 2.67 bits per heavy atom. The molecule has 168 valence electrons. The Kier molecular flexibility index (Phi) is 6.51. The van der Waals surface area contributed by atoms with Crippen LogP contribution in [0.4, 0.5) is 0 Å². The lowest BCUT2D eigenvalue weighted by atomic mass is 9.97. The van der Waals surface area contributed by atoms with Crippen LogP contribution >= 0.6 is 22.7 Å². The van der Waals surface area contributed by atoms with Crippen LogP contribution in [0.2, 0.25) is 0 Å². The van der Waals surface area contributed by atoms with Crippen molar-refractivity contribution in [2.75, 3.05) is 13.1 Å². The van der Waals surface area contributed by atoms with Crippen LogP contribution in [0.5, 0.6) is 0 Å². The molecular formula is C26H25N3O2S2. The highest BCUT2D eigenvalue weighted by Crippen LogP contribution is 2.33. The number of nitrogens with zero attached hydrogens (tertiary/aromatic N) is 2. The van der Waals surface area contributed by atoms with Crippen LogP contribution in [-0.2, 0) is 11.2 Å². The van der Waals surface area contributed by atoms with Crippen LogP contribution in [0.3, 0.4) is 0 Å². The van der Waals surface area contributed by atoms with Crippen molar-refractivity contribution in [2.45, 2.75) is 31.2 Å². The standard InChI is InChI=1S/C26H25N3O2S2/c30-24(23-13-7-15-32-23)27-21(16-18-8-2-1-3-9-18)26(31)29-14-6-10-19(17-29)25-28-20-11-4-5-12-22(20)33-25/h1-5,7-9,11-13,15,19,21H,6,10,14,16-17H2,(H,27,30). The molecule has 3 heterocycles. The quantitative estimate of drug-likeness (QED) is 0.422. The zero-order chi connectivity index (χ0) is 22.6. The number of thiophene rings is 1. The number of piperidine rings is 1. The molecule has 0 aliphatic carbocycles. The second-order valence-corrected chi connectivity index (χ2v) is 10.3. The summed E-state index contributed by atoms with van der Waals surface area (Å²) in [6, 6.07) is 21.1. The van der Waals surface area contributed by atoms with Gasteiger partial charge >= 0.3 is 0 Å². The van der Waals surface area contributed by atoms with E-state index in [-0.39, 0.29) is 17.7 Å². The zero-order valence-corrected chi connectivity index (χ0v) is 19.8. The molecule has 2 aromatic carbocycles.